The Labute approximate surface area is 205 Å². The van der Waals surface area contributed by atoms with Gasteiger partial charge in [0, 0.05) is 31.1 Å². The predicted octanol–water partition coefficient (Wildman–Crippen LogP) is 2.85. The molecule has 0 aliphatic carbocycles. The molecule has 1 aliphatic heterocycles. The molecule has 1 amide bonds. The molecule has 190 valence electrons. The highest BCUT2D eigenvalue weighted by Gasteiger charge is 2.33. The van der Waals surface area contributed by atoms with Gasteiger partial charge in [-0.3, -0.25) is 4.79 Å². The van der Waals surface area contributed by atoms with E-state index in [1.165, 1.54) is 50.9 Å². The number of amides is 1. The Morgan fingerprint density at radius 2 is 1.51 bits per heavy atom. The zero-order valence-electron chi connectivity index (χ0n) is 20.4. The van der Waals surface area contributed by atoms with E-state index in [1.54, 1.807) is 19.1 Å². The monoisotopic (exact) mass is 506 g/mol. The first-order valence-corrected chi connectivity index (χ1v) is 12.4. The summed E-state index contributed by atoms with van der Waals surface area (Å²) in [7, 11) is 1.95. The van der Waals surface area contributed by atoms with Crippen LogP contribution < -0.4 is 19.5 Å². The van der Waals surface area contributed by atoms with Gasteiger partial charge in [-0.05, 0) is 43.5 Å². The molecule has 1 N–H and O–H groups in total. The highest BCUT2D eigenvalue weighted by molar-refractivity contribution is 7.89. The quantitative estimate of drug-likeness (QED) is 0.543. The Morgan fingerprint density at radius 3 is 2.06 bits per heavy atom. The number of carbonyl (C=O) groups is 2. The largest absolute Gasteiger partial charge is 0.496 e. The van der Waals surface area contributed by atoms with Crippen molar-refractivity contribution in [1.82, 2.24) is 4.31 Å². The number of aryl methyl sites for hydroxylation is 1. The molecule has 0 radical (unpaired) electrons. The number of methoxy groups -OCH3 is 4. The van der Waals surface area contributed by atoms with Gasteiger partial charge < -0.3 is 24.3 Å². The Morgan fingerprint density at radius 1 is 0.914 bits per heavy atom. The summed E-state index contributed by atoms with van der Waals surface area (Å²) in [6, 6.07) is 7.66. The number of piperidine rings is 1. The summed E-state index contributed by atoms with van der Waals surface area (Å²) in [5.74, 6) is -0.126. The summed E-state index contributed by atoms with van der Waals surface area (Å²) in [4.78, 5) is 25.5. The number of esters is 1. The number of carbonyl (C=O) groups excluding carboxylic acids is 2. The van der Waals surface area contributed by atoms with E-state index in [1.807, 2.05) is 0 Å². The average Bonchev–Trinajstić information content (AvgIpc) is 2.87. The molecule has 0 unspecified atom stereocenters. The number of ether oxygens (including phenoxy) is 4. The van der Waals surface area contributed by atoms with Gasteiger partial charge in [0.1, 0.15) is 5.75 Å². The zero-order chi connectivity index (χ0) is 25.8. The van der Waals surface area contributed by atoms with Crippen LogP contribution in [0.2, 0.25) is 0 Å². The van der Waals surface area contributed by atoms with Gasteiger partial charge in [-0.25, -0.2) is 13.2 Å². The summed E-state index contributed by atoms with van der Waals surface area (Å²) < 4.78 is 48.1. The Kier molecular flexibility index (Phi) is 8.23. The first-order chi connectivity index (χ1) is 16.7. The normalized spacial score (nSPS) is 14.8. The van der Waals surface area contributed by atoms with Crippen LogP contribution in [-0.4, -0.2) is 66.1 Å². The molecular formula is C24H30N2O8S. The van der Waals surface area contributed by atoms with Gasteiger partial charge in [-0.1, -0.05) is 0 Å². The maximum absolute atomic E-state index is 13.1. The molecule has 1 fully saturated rings. The molecule has 3 rings (SSSR count). The fraction of sp³-hybridized carbons (Fsp3) is 0.417. The number of nitrogens with zero attached hydrogens (tertiary/aromatic N) is 1. The third kappa shape index (κ3) is 5.51. The van der Waals surface area contributed by atoms with Crippen LogP contribution in [0.1, 0.15) is 28.8 Å². The summed E-state index contributed by atoms with van der Waals surface area (Å²) in [6.07, 6.45) is 0.669. The topological polar surface area (TPSA) is 120 Å². The van der Waals surface area contributed by atoms with E-state index >= 15 is 0 Å². The molecular weight excluding hydrogens is 476 g/mol. The lowest BCUT2D eigenvalue weighted by Gasteiger charge is -2.30. The van der Waals surface area contributed by atoms with Gasteiger partial charge in [0.25, 0.3) is 0 Å². The number of hydrogen-bond donors (Lipinski definition) is 1. The van der Waals surface area contributed by atoms with Crippen molar-refractivity contribution in [1.29, 1.82) is 0 Å². The number of rotatable bonds is 8. The number of anilines is 1. The standard InChI is InChI=1S/C24H30N2O8S/c1-15-12-17(6-7-20(15)31-2)35(29,30)26-10-8-16(9-11-26)23(27)25-19-14-22(33-4)21(32-3)13-18(19)24(28)34-5/h6-7,12-14,16H,8-11H2,1-5H3,(H,25,27). The van der Waals surface area contributed by atoms with Crippen LogP contribution in [0, 0.1) is 12.8 Å². The van der Waals surface area contributed by atoms with E-state index in [-0.39, 0.29) is 35.1 Å². The van der Waals surface area contributed by atoms with E-state index in [0.717, 1.165) is 5.56 Å². The fourth-order valence-corrected chi connectivity index (χ4v) is 5.57. The van der Waals surface area contributed by atoms with Crippen molar-refractivity contribution >= 4 is 27.6 Å². The number of hydrogen-bond acceptors (Lipinski definition) is 8. The molecule has 2 aromatic carbocycles. The van der Waals surface area contributed by atoms with Crippen LogP contribution in [0.15, 0.2) is 35.2 Å². The van der Waals surface area contributed by atoms with Gasteiger partial charge >= 0.3 is 5.97 Å². The van der Waals surface area contributed by atoms with Gasteiger partial charge in [0.05, 0.1) is 44.6 Å². The first-order valence-electron chi connectivity index (χ1n) is 11.0. The molecule has 0 spiro atoms. The molecule has 0 saturated carbocycles. The van der Waals surface area contributed by atoms with Crippen molar-refractivity contribution in [3.05, 3.63) is 41.5 Å². The molecule has 1 heterocycles. The number of nitrogens with one attached hydrogen (secondary N) is 1. The lowest BCUT2D eigenvalue weighted by Crippen LogP contribution is -2.41. The molecule has 11 heteroatoms. The second-order valence-electron chi connectivity index (χ2n) is 8.04. The average molecular weight is 507 g/mol. The zero-order valence-corrected chi connectivity index (χ0v) is 21.2. The smallest absolute Gasteiger partial charge is 0.340 e. The van der Waals surface area contributed by atoms with Crippen molar-refractivity contribution in [3.8, 4) is 17.2 Å². The predicted molar refractivity (Wildman–Crippen MR) is 129 cm³/mol. The maximum atomic E-state index is 13.1. The minimum atomic E-state index is -3.70. The fourth-order valence-electron chi connectivity index (χ4n) is 4.01. The molecule has 1 saturated heterocycles. The van der Waals surface area contributed by atoms with E-state index in [4.69, 9.17) is 18.9 Å². The first kappa shape index (κ1) is 26.3. The lowest BCUT2D eigenvalue weighted by molar-refractivity contribution is -0.120. The molecule has 0 aromatic heterocycles. The van der Waals surface area contributed by atoms with Gasteiger partial charge in [-0.15, -0.1) is 0 Å². The molecule has 10 nitrogen and oxygen atoms in total. The minimum absolute atomic E-state index is 0.119. The Hall–Kier alpha value is -3.31. The molecule has 2 aromatic rings. The highest BCUT2D eigenvalue weighted by atomic mass is 32.2. The Bertz CT molecular complexity index is 1200. The SMILES string of the molecule is COC(=O)c1cc(OC)c(OC)cc1NC(=O)C1CCN(S(=O)(=O)c2ccc(OC)c(C)c2)CC1. The third-order valence-electron chi connectivity index (χ3n) is 6.02. The molecule has 1 aliphatic rings. The van der Waals surface area contributed by atoms with Crippen LogP contribution in [0.3, 0.4) is 0 Å². The molecule has 35 heavy (non-hydrogen) atoms. The van der Waals surface area contributed by atoms with Crippen molar-refractivity contribution in [2.24, 2.45) is 5.92 Å². The van der Waals surface area contributed by atoms with Crippen molar-refractivity contribution < 1.29 is 37.0 Å². The van der Waals surface area contributed by atoms with Crippen LogP contribution in [-0.2, 0) is 19.6 Å². The van der Waals surface area contributed by atoms with Gasteiger partial charge in [0.2, 0.25) is 15.9 Å². The van der Waals surface area contributed by atoms with Crippen LogP contribution in [0.25, 0.3) is 0 Å². The van der Waals surface area contributed by atoms with Crippen molar-refractivity contribution in [2.75, 3.05) is 46.8 Å². The van der Waals surface area contributed by atoms with Crippen LogP contribution in [0.4, 0.5) is 5.69 Å². The van der Waals surface area contributed by atoms with E-state index in [0.29, 0.717) is 30.1 Å². The van der Waals surface area contributed by atoms with E-state index < -0.39 is 21.9 Å². The summed E-state index contributed by atoms with van der Waals surface area (Å²) in [6.45, 7) is 2.17. The van der Waals surface area contributed by atoms with E-state index in [9.17, 15) is 18.0 Å². The summed E-state index contributed by atoms with van der Waals surface area (Å²) >= 11 is 0. The van der Waals surface area contributed by atoms with Crippen LogP contribution >= 0.6 is 0 Å². The van der Waals surface area contributed by atoms with E-state index in [2.05, 4.69) is 5.32 Å². The van der Waals surface area contributed by atoms with Crippen molar-refractivity contribution in [3.63, 3.8) is 0 Å². The second kappa shape index (κ2) is 11.0. The summed E-state index contributed by atoms with van der Waals surface area (Å²) in [5.41, 5.74) is 1.07. The lowest BCUT2D eigenvalue weighted by atomic mass is 9.97. The maximum Gasteiger partial charge on any atom is 0.340 e. The van der Waals surface area contributed by atoms with Crippen molar-refractivity contribution in [2.45, 2.75) is 24.7 Å². The van der Waals surface area contributed by atoms with Gasteiger partial charge in [-0.2, -0.15) is 4.31 Å². The molecule has 0 atom stereocenters. The minimum Gasteiger partial charge on any atom is -0.496 e. The Balaban J connectivity index is 1.73. The van der Waals surface area contributed by atoms with Gasteiger partial charge in [0.15, 0.2) is 11.5 Å². The van der Waals surface area contributed by atoms with Crippen LogP contribution in [0.5, 0.6) is 17.2 Å². The number of sulfonamides is 1. The second-order valence-corrected chi connectivity index (χ2v) is 9.98. The molecule has 0 bridgehead atoms. The third-order valence-corrected chi connectivity index (χ3v) is 7.91. The summed E-state index contributed by atoms with van der Waals surface area (Å²) in [5, 5.41) is 2.77. The number of benzene rings is 2. The highest BCUT2D eigenvalue weighted by Crippen LogP contribution is 2.35.